The summed E-state index contributed by atoms with van der Waals surface area (Å²) in [6, 6.07) is 11.4. The maximum absolute atomic E-state index is 12.8. The summed E-state index contributed by atoms with van der Waals surface area (Å²) in [6.45, 7) is 0.0972. The van der Waals surface area contributed by atoms with Gasteiger partial charge in [-0.05, 0) is 30.5 Å². The number of halogens is 3. The molecule has 0 radical (unpaired) electrons. The van der Waals surface area contributed by atoms with Crippen LogP contribution in [0.3, 0.4) is 0 Å². The van der Waals surface area contributed by atoms with Crippen molar-refractivity contribution in [3.63, 3.8) is 0 Å². The van der Waals surface area contributed by atoms with Gasteiger partial charge in [-0.2, -0.15) is 13.2 Å². The zero-order chi connectivity index (χ0) is 18.4. The number of hydrogen-bond donors (Lipinski definition) is 1. The number of fused-ring (bicyclic) bond motifs is 1. The lowest BCUT2D eigenvalue weighted by molar-refractivity contribution is -0.137. The first-order valence-corrected chi connectivity index (χ1v) is 8.15. The van der Waals surface area contributed by atoms with Crippen LogP contribution >= 0.6 is 0 Å². The van der Waals surface area contributed by atoms with Crippen LogP contribution in [-0.2, 0) is 22.9 Å². The van der Waals surface area contributed by atoms with Gasteiger partial charge in [0.15, 0.2) is 11.5 Å². The maximum atomic E-state index is 12.8. The number of benzene rings is 1. The van der Waals surface area contributed by atoms with Crippen molar-refractivity contribution in [2.45, 2.75) is 31.0 Å². The number of hydrogen-bond acceptors (Lipinski definition) is 3. The summed E-state index contributed by atoms with van der Waals surface area (Å²) in [5.41, 5.74) is -0.230. The molecule has 0 saturated heterocycles. The van der Waals surface area contributed by atoms with Crippen LogP contribution in [-0.4, -0.2) is 20.5 Å². The number of carbonyl (C=O) groups excluding carboxylic acids is 1. The molecule has 0 aliphatic heterocycles. The van der Waals surface area contributed by atoms with Crippen LogP contribution < -0.4 is 5.32 Å². The Balaban J connectivity index is 1.51. The molecule has 0 spiro atoms. The van der Waals surface area contributed by atoms with Gasteiger partial charge in [0.05, 0.1) is 17.5 Å². The summed E-state index contributed by atoms with van der Waals surface area (Å²) >= 11 is 0. The second kappa shape index (κ2) is 5.82. The van der Waals surface area contributed by atoms with Gasteiger partial charge in [0.1, 0.15) is 0 Å². The third-order valence-corrected chi connectivity index (χ3v) is 4.73. The fourth-order valence-electron chi connectivity index (χ4n) is 3.09. The number of nitrogens with zero attached hydrogens (tertiary/aromatic N) is 3. The molecule has 1 amide bonds. The van der Waals surface area contributed by atoms with E-state index >= 15 is 0 Å². The van der Waals surface area contributed by atoms with Gasteiger partial charge < -0.3 is 5.32 Å². The molecule has 8 heteroatoms. The van der Waals surface area contributed by atoms with Crippen LogP contribution in [0.5, 0.6) is 0 Å². The Morgan fingerprint density at radius 3 is 2.54 bits per heavy atom. The summed E-state index contributed by atoms with van der Waals surface area (Å²) < 4.78 is 39.7. The number of nitrogens with one attached hydrogen (secondary N) is 1. The monoisotopic (exact) mass is 360 g/mol. The Morgan fingerprint density at radius 1 is 1.15 bits per heavy atom. The Hall–Kier alpha value is -2.90. The topological polar surface area (TPSA) is 59.3 Å². The second-order valence-electron chi connectivity index (χ2n) is 6.39. The Bertz CT molecular complexity index is 961. The lowest BCUT2D eigenvalue weighted by Gasteiger charge is -2.15. The highest BCUT2D eigenvalue weighted by Crippen LogP contribution is 2.48. The zero-order valence-corrected chi connectivity index (χ0v) is 13.6. The Labute approximate surface area is 146 Å². The highest BCUT2D eigenvalue weighted by Gasteiger charge is 2.51. The van der Waals surface area contributed by atoms with Crippen LogP contribution in [0.2, 0.25) is 0 Å². The minimum atomic E-state index is -4.43. The molecule has 2 aromatic heterocycles. The van der Waals surface area contributed by atoms with Crippen LogP contribution in [0, 0.1) is 0 Å². The smallest absolute Gasteiger partial charge is 0.348 e. The molecule has 0 bridgehead atoms. The molecular formula is C18H15F3N4O. The van der Waals surface area contributed by atoms with Crippen molar-refractivity contribution in [2.75, 3.05) is 0 Å². The van der Waals surface area contributed by atoms with Gasteiger partial charge in [0.2, 0.25) is 5.91 Å². The van der Waals surface area contributed by atoms with Crippen molar-refractivity contribution in [1.82, 2.24) is 19.9 Å². The predicted molar refractivity (Wildman–Crippen MR) is 87.2 cm³/mol. The van der Waals surface area contributed by atoms with Crippen molar-refractivity contribution in [2.24, 2.45) is 0 Å². The standard InChI is InChI=1S/C18H15F3N4O/c19-18(20,21)13-6-9-25-14(10-13)23-24-15(25)11-22-16(26)17(7-8-17)12-4-2-1-3-5-12/h1-6,9-10H,7-8,11H2,(H,22,26). The minimum absolute atomic E-state index is 0.0910. The van der Waals surface area contributed by atoms with Crippen LogP contribution in [0.15, 0.2) is 48.7 Å². The van der Waals surface area contributed by atoms with Gasteiger partial charge in [-0.15, -0.1) is 10.2 Å². The van der Waals surface area contributed by atoms with E-state index < -0.39 is 17.2 Å². The highest BCUT2D eigenvalue weighted by atomic mass is 19.4. The number of pyridine rings is 1. The minimum Gasteiger partial charge on any atom is -0.348 e. The van der Waals surface area contributed by atoms with Gasteiger partial charge in [0.25, 0.3) is 0 Å². The van der Waals surface area contributed by atoms with Crippen LogP contribution in [0.4, 0.5) is 13.2 Å². The normalized spacial score (nSPS) is 15.8. The summed E-state index contributed by atoms with van der Waals surface area (Å²) in [4.78, 5) is 12.6. The number of rotatable bonds is 4. The van der Waals surface area contributed by atoms with Crippen molar-refractivity contribution in [3.8, 4) is 0 Å². The number of carbonyl (C=O) groups is 1. The van der Waals surface area contributed by atoms with E-state index in [1.807, 2.05) is 30.3 Å². The quantitative estimate of drug-likeness (QED) is 0.778. The zero-order valence-electron chi connectivity index (χ0n) is 13.6. The van der Waals surface area contributed by atoms with Crippen LogP contribution in [0.1, 0.15) is 29.8 Å². The summed E-state index contributed by atoms with van der Waals surface area (Å²) in [6.07, 6.45) is -1.61. The Morgan fingerprint density at radius 2 is 1.88 bits per heavy atom. The first kappa shape index (κ1) is 16.6. The van der Waals surface area contributed by atoms with Gasteiger partial charge >= 0.3 is 6.18 Å². The molecule has 26 heavy (non-hydrogen) atoms. The Kier molecular flexibility index (Phi) is 3.71. The van der Waals surface area contributed by atoms with Gasteiger partial charge in [-0.1, -0.05) is 30.3 Å². The molecular weight excluding hydrogens is 345 g/mol. The number of amides is 1. The first-order valence-electron chi connectivity index (χ1n) is 8.15. The van der Waals surface area contributed by atoms with E-state index in [1.165, 1.54) is 10.6 Å². The van der Waals surface area contributed by atoms with Crippen molar-refractivity contribution < 1.29 is 18.0 Å². The van der Waals surface area contributed by atoms with Crippen molar-refractivity contribution in [3.05, 3.63) is 65.6 Å². The number of alkyl halides is 3. The summed E-state index contributed by atoms with van der Waals surface area (Å²) in [5, 5.41) is 10.5. The van der Waals surface area contributed by atoms with E-state index in [0.29, 0.717) is 5.82 Å². The van der Waals surface area contributed by atoms with E-state index in [1.54, 1.807) is 0 Å². The average Bonchev–Trinajstić information content (AvgIpc) is 3.35. The molecule has 1 fully saturated rings. The molecule has 1 aliphatic rings. The molecule has 1 saturated carbocycles. The van der Waals surface area contributed by atoms with E-state index in [4.69, 9.17) is 0 Å². The highest BCUT2D eigenvalue weighted by molar-refractivity contribution is 5.91. The molecule has 0 atom stereocenters. The predicted octanol–water partition coefficient (Wildman–Crippen LogP) is 3.10. The molecule has 1 aromatic carbocycles. The van der Waals surface area contributed by atoms with Crippen molar-refractivity contribution >= 4 is 11.6 Å². The van der Waals surface area contributed by atoms with Crippen molar-refractivity contribution in [1.29, 1.82) is 0 Å². The van der Waals surface area contributed by atoms with E-state index in [2.05, 4.69) is 15.5 Å². The SMILES string of the molecule is O=C(NCc1nnc2cc(C(F)(F)F)ccn12)C1(c2ccccc2)CC1. The summed E-state index contributed by atoms with van der Waals surface area (Å²) in [7, 11) is 0. The second-order valence-corrected chi connectivity index (χ2v) is 6.39. The van der Waals surface area contributed by atoms with E-state index in [0.717, 1.165) is 30.5 Å². The fourth-order valence-corrected chi connectivity index (χ4v) is 3.09. The molecule has 5 nitrogen and oxygen atoms in total. The average molecular weight is 360 g/mol. The molecule has 134 valence electrons. The lowest BCUT2D eigenvalue weighted by Crippen LogP contribution is -2.34. The van der Waals surface area contributed by atoms with Gasteiger partial charge in [0, 0.05) is 6.20 Å². The molecule has 4 rings (SSSR count). The van der Waals surface area contributed by atoms with Gasteiger partial charge in [-0.25, -0.2) is 0 Å². The molecule has 2 heterocycles. The molecule has 0 unspecified atom stereocenters. The third-order valence-electron chi connectivity index (χ3n) is 4.73. The van der Waals surface area contributed by atoms with Crippen LogP contribution in [0.25, 0.3) is 5.65 Å². The van der Waals surface area contributed by atoms with E-state index in [-0.39, 0.29) is 18.1 Å². The maximum Gasteiger partial charge on any atom is 0.416 e. The molecule has 1 N–H and O–H groups in total. The lowest BCUT2D eigenvalue weighted by atomic mass is 9.95. The molecule has 1 aliphatic carbocycles. The third kappa shape index (κ3) is 2.81. The first-order chi connectivity index (χ1) is 12.4. The number of aromatic nitrogens is 3. The fraction of sp³-hybridized carbons (Fsp3) is 0.278. The van der Waals surface area contributed by atoms with Gasteiger partial charge in [-0.3, -0.25) is 9.20 Å². The van der Waals surface area contributed by atoms with E-state index in [9.17, 15) is 18.0 Å². The largest absolute Gasteiger partial charge is 0.416 e. The summed E-state index contributed by atoms with van der Waals surface area (Å²) in [5.74, 6) is 0.276. The molecule has 3 aromatic rings.